The highest BCUT2D eigenvalue weighted by molar-refractivity contribution is 6.07. The SMILES string of the molecule is CCOc1ccc(-c2cc(C(=O)NCCC#N)c3ccccc3n2)cc1. The normalized spacial score (nSPS) is 10.3. The molecular formula is C21H19N3O2. The van der Waals surface area contributed by atoms with E-state index in [0.717, 1.165) is 27.9 Å². The van der Waals surface area contributed by atoms with Crippen molar-refractivity contribution in [3.05, 3.63) is 60.2 Å². The molecular weight excluding hydrogens is 326 g/mol. The van der Waals surface area contributed by atoms with E-state index in [1.807, 2.05) is 61.5 Å². The minimum absolute atomic E-state index is 0.203. The molecule has 3 rings (SSSR count). The molecule has 2 aromatic carbocycles. The molecule has 5 heteroatoms. The van der Waals surface area contributed by atoms with Gasteiger partial charge in [0.25, 0.3) is 5.91 Å². The molecule has 1 amide bonds. The highest BCUT2D eigenvalue weighted by Crippen LogP contribution is 2.26. The number of ether oxygens (including phenoxy) is 1. The van der Waals surface area contributed by atoms with Gasteiger partial charge in [0.2, 0.25) is 0 Å². The molecule has 130 valence electrons. The monoisotopic (exact) mass is 345 g/mol. The van der Waals surface area contributed by atoms with Crippen molar-refractivity contribution in [2.24, 2.45) is 0 Å². The fourth-order valence-corrected chi connectivity index (χ4v) is 2.73. The van der Waals surface area contributed by atoms with E-state index in [1.165, 1.54) is 0 Å². The van der Waals surface area contributed by atoms with Gasteiger partial charge in [-0.1, -0.05) is 18.2 Å². The largest absolute Gasteiger partial charge is 0.494 e. The number of rotatable bonds is 6. The van der Waals surface area contributed by atoms with Gasteiger partial charge in [0.05, 0.1) is 35.9 Å². The van der Waals surface area contributed by atoms with Crippen LogP contribution in [-0.2, 0) is 0 Å². The Morgan fingerprint density at radius 1 is 1.19 bits per heavy atom. The Morgan fingerprint density at radius 2 is 1.96 bits per heavy atom. The topological polar surface area (TPSA) is 75.0 Å². The molecule has 0 aliphatic rings. The first-order valence-electron chi connectivity index (χ1n) is 8.51. The molecule has 0 fully saturated rings. The molecule has 0 saturated heterocycles. The molecule has 26 heavy (non-hydrogen) atoms. The molecule has 0 atom stereocenters. The number of nitrogens with one attached hydrogen (secondary N) is 1. The number of carbonyl (C=O) groups excluding carboxylic acids is 1. The Labute approximate surface area is 152 Å². The highest BCUT2D eigenvalue weighted by Gasteiger charge is 2.13. The van der Waals surface area contributed by atoms with E-state index < -0.39 is 0 Å². The summed E-state index contributed by atoms with van der Waals surface area (Å²) in [6.07, 6.45) is 0.278. The maximum atomic E-state index is 12.6. The van der Waals surface area contributed by atoms with Crippen LogP contribution in [0.4, 0.5) is 0 Å². The quantitative estimate of drug-likeness (QED) is 0.687. The van der Waals surface area contributed by atoms with Crippen LogP contribution in [0.2, 0.25) is 0 Å². The molecule has 1 heterocycles. The number of pyridine rings is 1. The molecule has 0 radical (unpaired) electrons. The van der Waals surface area contributed by atoms with Gasteiger partial charge in [-0.05, 0) is 43.3 Å². The molecule has 1 N–H and O–H groups in total. The third kappa shape index (κ3) is 3.81. The molecule has 0 spiro atoms. The van der Waals surface area contributed by atoms with Gasteiger partial charge in [-0.2, -0.15) is 5.26 Å². The summed E-state index contributed by atoms with van der Waals surface area (Å²) in [5.41, 5.74) is 2.93. The summed E-state index contributed by atoms with van der Waals surface area (Å²) >= 11 is 0. The second-order valence-corrected chi connectivity index (χ2v) is 5.69. The molecule has 3 aromatic rings. The van der Waals surface area contributed by atoms with Crippen molar-refractivity contribution >= 4 is 16.8 Å². The van der Waals surface area contributed by atoms with Crippen LogP contribution in [0.3, 0.4) is 0 Å². The van der Waals surface area contributed by atoms with Gasteiger partial charge in [-0.15, -0.1) is 0 Å². The third-order valence-electron chi connectivity index (χ3n) is 3.94. The summed E-state index contributed by atoms with van der Waals surface area (Å²) in [6.45, 7) is 2.88. The minimum Gasteiger partial charge on any atom is -0.494 e. The molecule has 0 aliphatic heterocycles. The maximum Gasteiger partial charge on any atom is 0.252 e. The summed E-state index contributed by atoms with van der Waals surface area (Å²) in [7, 11) is 0. The van der Waals surface area contributed by atoms with E-state index in [-0.39, 0.29) is 12.3 Å². The van der Waals surface area contributed by atoms with Crippen molar-refractivity contribution in [1.29, 1.82) is 5.26 Å². The lowest BCUT2D eigenvalue weighted by molar-refractivity contribution is 0.0956. The van der Waals surface area contributed by atoms with Gasteiger partial charge in [-0.25, -0.2) is 4.98 Å². The standard InChI is InChI=1S/C21H19N3O2/c1-2-26-16-10-8-15(9-11-16)20-14-18(21(25)23-13-5-12-22)17-6-3-4-7-19(17)24-20/h3-4,6-11,14H,2,5,13H2,1H3,(H,23,25). The first kappa shape index (κ1) is 17.4. The van der Waals surface area contributed by atoms with E-state index in [0.29, 0.717) is 18.7 Å². The van der Waals surface area contributed by atoms with Crippen molar-refractivity contribution in [1.82, 2.24) is 10.3 Å². The third-order valence-corrected chi connectivity index (χ3v) is 3.94. The first-order chi connectivity index (χ1) is 12.7. The summed E-state index contributed by atoms with van der Waals surface area (Å²) < 4.78 is 5.47. The zero-order valence-corrected chi connectivity index (χ0v) is 14.5. The van der Waals surface area contributed by atoms with Crippen LogP contribution in [0, 0.1) is 11.3 Å². The van der Waals surface area contributed by atoms with E-state index in [1.54, 1.807) is 6.07 Å². The lowest BCUT2D eigenvalue weighted by Gasteiger charge is -2.10. The van der Waals surface area contributed by atoms with E-state index in [4.69, 9.17) is 10.00 Å². The maximum absolute atomic E-state index is 12.6. The second kappa shape index (κ2) is 8.13. The Morgan fingerprint density at radius 3 is 2.69 bits per heavy atom. The summed E-state index contributed by atoms with van der Waals surface area (Å²) in [4.78, 5) is 17.3. The zero-order valence-electron chi connectivity index (χ0n) is 14.5. The number of fused-ring (bicyclic) bond motifs is 1. The second-order valence-electron chi connectivity index (χ2n) is 5.69. The van der Waals surface area contributed by atoms with Crippen LogP contribution >= 0.6 is 0 Å². The number of aromatic nitrogens is 1. The van der Waals surface area contributed by atoms with Crippen molar-refractivity contribution in [2.45, 2.75) is 13.3 Å². The highest BCUT2D eigenvalue weighted by atomic mass is 16.5. The van der Waals surface area contributed by atoms with Gasteiger partial charge in [0.1, 0.15) is 5.75 Å². The average molecular weight is 345 g/mol. The molecule has 1 aromatic heterocycles. The predicted molar refractivity (Wildman–Crippen MR) is 101 cm³/mol. The molecule has 5 nitrogen and oxygen atoms in total. The van der Waals surface area contributed by atoms with Crippen molar-refractivity contribution in [2.75, 3.05) is 13.2 Å². The summed E-state index contributed by atoms with van der Waals surface area (Å²) in [5, 5.41) is 12.2. The van der Waals surface area contributed by atoms with Crippen molar-refractivity contribution in [3.63, 3.8) is 0 Å². The molecule has 0 saturated carbocycles. The number of carbonyl (C=O) groups is 1. The van der Waals surface area contributed by atoms with Crippen LogP contribution in [0.25, 0.3) is 22.2 Å². The number of para-hydroxylation sites is 1. The smallest absolute Gasteiger partial charge is 0.252 e. The van der Waals surface area contributed by atoms with Gasteiger partial charge in [0.15, 0.2) is 0 Å². The Hall–Kier alpha value is -3.39. The number of amides is 1. The van der Waals surface area contributed by atoms with E-state index in [9.17, 15) is 4.79 Å². The minimum atomic E-state index is -0.203. The van der Waals surface area contributed by atoms with Crippen molar-refractivity contribution < 1.29 is 9.53 Å². The van der Waals surface area contributed by atoms with Crippen LogP contribution in [-0.4, -0.2) is 24.0 Å². The van der Waals surface area contributed by atoms with Gasteiger partial charge in [0, 0.05) is 17.5 Å². The number of benzene rings is 2. The van der Waals surface area contributed by atoms with Gasteiger partial charge in [-0.3, -0.25) is 4.79 Å². The number of hydrogen-bond acceptors (Lipinski definition) is 4. The lowest BCUT2D eigenvalue weighted by Crippen LogP contribution is -2.24. The van der Waals surface area contributed by atoms with E-state index >= 15 is 0 Å². The fraction of sp³-hybridized carbons (Fsp3) is 0.190. The fourth-order valence-electron chi connectivity index (χ4n) is 2.73. The average Bonchev–Trinajstić information content (AvgIpc) is 2.68. The van der Waals surface area contributed by atoms with Crippen LogP contribution in [0.15, 0.2) is 54.6 Å². The summed E-state index contributed by atoms with van der Waals surface area (Å²) in [5.74, 6) is 0.595. The molecule has 0 aliphatic carbocycles. The number of nitrogens with zero attached hydrogens (tertiary/aromatic N) is 2. The summed E-state index contributed by atoms with van der Waals surface area (Å²) in [6, 6.07) is 19.0. The van der Waals surface area contributed by atoms with Gasteiger partial charge < -0.3 is 10.1 Å². The predicted octanol–water partition coefficient (Wildman–Crippen LogP) is 3.94. The van der Waals surface area contributed by atoms with Crippen LogP contribution in [0.1, 0.15) is 23.7 Å². The Bertz CT molecular complexity index is 959. The molecule has 0 unspecified atom stereocenters. The zero-order chi connectivity index (χ0) is 18.4. The van der Waals surface area contributed by atoms with Crippen LogP contribution in [0.5, 0.6) is 5.75 Å². The van der Waals surface area contributed by atoms with Crippen molar-refractivity contribution in [3.8, 4) is 23.1 Å². The Kier molecular flexibility index (Phi) is 5.45. The van der Waals surface area contributed by atoms with Gasteiger partial charge >= 0.3 is 0 Å². The Balaban J connectivity index is 2.01. The lowest BCUT2D eigenvalue weighted by atomic mass is 10.0. The first-order valence-corrected chi connectivity index (χ1v) is 8.51. The number of nitriles is 1. The van der Waals surface area contributed by atoms with E-state index in [2.05, 4.69) is 10.3 Å². The number of hydrogen-bond donors (Lipinski definition) is 1. The molecule has 0 bridgehead atoms. The van der Waals surface area contributed by atoms with Crippen LogP contribution < -0.4 is 10.1 Å².